The Bertz CT molecular complexity index is 643. The Labute approximate surface area is 302 Å². The Morgan fingerprint density at radius 3 is 0.933 bits per heavy atom. The van der Waals surface area contributed by atoms with E-state index in [0.717, 1.165) is 86.5 Å². The summed E-state index contributed by atoms with van der Waals surface area (Å²) in [5, 5.41) is 22.9. The Morgan fingerprint density at radius 1 is 0.467 bits per heavy atom. The Morgan fingerprint density at radius 2 is 0.711 bits per heavy atom. The molecule has 0 N–H and O–H groups in total. The van der Waals surface area contributed by atoms with Crippen LogP contribution in [0.25, 0.3) is 0 Å². The maximum absolute atomic E-state index is 11.5. The average Bonchev–Trinajstić information content (AvgIpc) is 2.91. The van der Waals surface area contributed by atoms with Crippen LogP contribution in [0, 0.1) is 23.7 Å². The van der Waals surface area contributed by atoms with Crippen molar-refractivity contribution < 1.29 is 39.3 Å². The van der Waals surface area contributed by atoms with E-state index in [-0.39, 0.29) is 19.5 Å². The van der Waals surface area contributed by atoms with Gasteiger partial charge in [0.2, 0.25) is 0 Å². The first-order valence-electron chi connectivity index (χ1n) is 18.3. The van der Waals surface area contributed by atoms with Gasteiger partial charge in [-0.25, -0.2) is 0 Å². The summed E-state index contributed by atoms with van der Waals surface area (Å²) >= 11 is 3.19. The molecule has 0 saturated carbocycles. The van der Waals surface area contributed by atoms with E-state index in [9.17, 15) is 19.8 Å². The standard InChI is InChI=1S/2C19H38O2S.Zn/c2*1-16(2)12-8-6-10-14-19(5,18(20)21)22-15-11-7-9-13-17(3)4;/h2*16-17H,6-15H2,1-5H3,(H,20,21);/q;;+2/p-2. The topological polar surface area (TPSA) is 80.3 Å². The van der Waals surface area contributed by atoms with Gasteiger partial charge in [-0.1, -0.05) is 145 Å². The van der Waals surface area contributed by atoms with Gasteiger partial charge in [0.15, 0.2) is 0 Å². The third-order valence-corrected chi connectivity index (χ3v) is 11.4. The zero-order chi connectivity index (χ0) is 34.0. The molecule has 45 heavy (non-hydrogen) atoms. The van der Waals surface area contributed by atoms with E-state index in [2.05, 4.69) is 55.4 Å². The molecule has 2 unspecified atom stereocenters. The Hall–Kier alpha value is 0.263. The summed E-state index contributed by atoms with van der Waals surface area (Å²) < 4.78 is -1.40. The third kappa shape index (κ3) is 31.3. The molecule has 0 rings (SSSR count). The van der Waals surface area contributed by atoms with E-state index in [4.69, 9.17) is 0 Å². The molecule has 0 aromatic rings. The molecule has 2 atom stereocenters. The van der Waals surface area contributed by atoms with Crippen molar-refractivity contribution in [2.24, 2.45) is 23.7 Å². The summed E-state index contributed by atoms with van der Waals surface area (Å²) in [5.41, 5.74) is 0. The van der Waals surface area contributed by atoms with Gasteiger partial charge >= 0.3 is 19.5 Å². The second-order valence-corrected chi connectivity index (χ2v) is 18.4. The molecule has 0 saturated heterocycles. The first-order chi connectivity index (χ1) is 20.6. The maximum atomic E-state index is 11.5. The molecule has 0 aromatic heterocycles. The minimum atomic E-state index is -0.886. The van der Waals surface area contributed by atoms with Gasteiger partial charge in [-0.05, 0) is 74.7 Å². The Kier molecular flexibility index (Phi) is 33.5. The van der Waals surface area contributed by atoms with Crippen molar-refractivity contribution in [1.82, 2.24) is 0 Å². The fraction of sp³-hybridized carbons (Fsp3) is 0.947. The van der Waals surface area contributed by atoms with Gasteiger partial charge in [0, 0.05) is 0 Å². The second kappa shape index (κ2) is 30.3. The van der Waals surface area contributed by atoms with E-state index >= 15 is 0 Å². The number of rotatable bonds is 28. The molecule has 0 fully saturated rings. The SMILES string of the molecule is CC(C)CCCCCSC(C)(CCCCCC(C)C)C(=O)[O-].CC(C)CCCCCSC(C)(CCCCCC(C)C)C(=O)[O-].[Zn+2]. The molecule has 0 aliphatic heterocycles. The van der Waals surface area contributed by atoms with Crippen LogP contribution in [-0.2, 0) is 29.1 Å². The van der Waals surface area contributed by atoms with Crippen LogP contribution in [0.2, 0.25) is 0 Å². The minimum absolute atomic E-state index is 0. The van der Waals surface area contributed by atoms with Crippen LogP contribution in [0.3, 0.4) is 0 Å². The van der Waals surface area contributed by atoms with E-state index in [1.54, 1.807) is 23.5 Å². The zero-order valence-electron chi connectivity index (χ0n) is 31.6. The number of aliphatic carboxylic acids is 2. The molecule has 0 aromatic carbocycles. The van der Waals surface area contributed by atoms with E-state index in [1.807, 2.05) is 13.8 Å². The number of thioether (sulfide) groups is 2. The Balaban J connectivity index is -0.000000767. The van der Waals surface area contributed by atoms with Gasteiger partial charge < -0.3 is 19.8 Å². The minimum Gasteiger partial charge on any atom is -0.549 e. The van der Waals surface area contributed by atoms with Crippen LogP contribution in [0.1, 0.15) is 185 Å². The van der Waals surface area contributed by atoms with Crippen LogP contribution in [0.5, 0.6) is 0 Å². The number of unbranched alkanes of at least 4 members (excludes halogenated alkanes) is 8. The van der Waals surface area contributed by atoms with Crippen LogP contribution >= 0.6 is 23.5 Å². The number of hydrogen-bond acceptors (Lipinski definition) is 6. The first kappa shape index (κ1) is 49.6. The quantitative estimate of drug-likeness (QED) is 0.0591. The fourth-order valence-electron chi connectivity index (χ4n) is 5.11. The van der Waals surface area contributed by atoms with Gasteiger partial charge in [0.25, 0.3) is 0 Å². The number of carbonyl (C=O) groups is 2. The monoisotopic (exact) mass is 722 g/mol. The summed E-state index contributed by atoms with van der Waals surface area (Å²) in [7, 11) is 0. The molecule has 0 aliphatic rings. The molecule has 0 amide bonds. The molecule has 0 spiro atoms. The normalized spacial score (nSPS) is 14.2. The van der Waals surface area contributed by atoms with Gasteiger partial charge in [-0.2, -0.15) is 0 Å². The molecule has 0 radical (unpaired) electrons. The molecule has 4 nitrogen and oxygen atoms in total. The van der Waals surface area contributed by atoms with Crippen molar-refractivity contribution in [2.75, 3.05) is 11.5 Å². The van der Waals surface area contributed by atoms with Crippen LogP contribution in [0.15, 0.2) is 0 Å². The van der Waals surface area contributed by atoms with Crippen molar-refractivity contribution in [3.63, 3.8) is 0 Å². The predicted octanol–water partition coefficient (Wildman–Crippen LogP) is 10.1. The summed E-state index contributed by atoms with van der Waals surface area (Å²) in [4.78, 5) is 22.9. The second-order valence-electron chi connectivity index (χ2n) is 15.2. The van der Waals surface area contributed by atoms with Crippen LogP contribution in [0.4, 0.5) is 0 Å². The summed E-state index contributed by atoms with van der Waals surface area (Å²) in [6.07, 6.45) is 20.4. The van der Waals surface area contributed by atoms with Crippen molar-refractivity contribution in [1.29, 1.82) is 0 Å². The van der Waals surface area contributed by atoms with Crippen molar-refractivity contribution in [2.45, 2.75) is 194 Å². The number of hydrogen-bond donors (Lipinski definition) is 0. The largest absolute Gasteiger partial charge is 2.00 e. The van der Waals surface area contributed by atoms with E-state index in [0.29, 0.717) is 0 Å². The molecular formula is C38H74O4S2Zn. The summed E-state index contributed by atoms with van der Waals surface area (Å²) in [6.45, 7) is 21.7. The third-order valence-electron chi connectivity index (χ3n) is 8.43. The van der Waals surface area contributed by atoms with Gasteiger partial charge in [-0.3, -0.25) is 0 Å². The predicted molar refractivity (Wildman–Crippen MR) is 194 cm³/mol. The van der Waals surface area contributed by atoms with Crippen molar-refractivity contribution in [3.8, 4) is 0 Å². The van der Waals surface area contributed by atoms with Gasteiger partial charge in [0.1, 0.15) is 0 Å². The summed E-state index contributed by atoms with van der Waals surface area (Å²) in [5.74, 6) is 3.13. The van der Waals surface area contributed by atoms with Crippen molar-refractivity contribution in [3.05, 3.63) is 0 Å². The van der Waals surface area contributed by atoms with Crippen molar-refractivity contribution >= 4 is 35.5 Å². The molecular weight excluding hydrogens is 650 g/mol. The molecule has 0 heterocycles. The average molecular weight is 725 g/mol. The zero-order valence-corrected chi connectivity index (χ0v) is 36.2. The van der Waals surface area contributed by atoms with E-state index in [1.165, 1.54) is 64.2 Å². The van der Waals surface area contributed by atoms with Gasteiger partial charge in [-0.15, -0.1) is 23.5 Å². The molecule has 0 aliphatic carbocycles. The number of carboxylic acids is 2. The molecule has 7 heteroatoms. The number of carboxylic acid groups (broad SMARTS) is 2. The number of carbonyl (C=O) groups excluding carboxylic acids is 2. The van der Waals surface area contributed by atoms with Crippen LogP contribution in [-0.4, -0.2) is 32.9 Å². The smallest absolute Gasteiger partial charge is 0.549 e. The molecule has 0 bridgehead atoms. The maximum Gasteiger partial charge on any atom is 2.00 e. The summed E-state index contributed by atoms with van der Waals surface area (Å²) in [6, 6.07) is 0. The molecule has 264 valence electrons. The van der Waals surface area contributed by atoms with Crippen LogP contribution < -0.4 is 10.2 Å². The van der Waals surface area contributed by atoms with Gasteiger partial charge in [0.05, 0.1) is 21.4 Å². The first-order valence-corrected chi connectivity index (χ1v) is 20.2. The van der Waals surface area contributed by atoms with E-state index < -0.39 is 21.4 Å². The fourth-order valence-corrected chi connectivity index (χ4v) is 7.52.